The van der Waals surface area contributed by atoms with Gasteiger partial charge in [0.2, 0.25) is 5.89 Å². The summed E-state index contributed by atoms with van der Waals surface area (Å²) in [5.74, 6) is 3.69. The van der Waals surface area contributed by atoms with E-state index >= 15 is 0 Å². The van der Waals surface area contributed by atoms with E-state index in [2.05, 4.69) is 20.6 Å². The van der Waals surface area contributed by atoms with Crippen molar-refractivity contribution >= 4 is 5.96 Å². The molecule has 0 bridgehead atoms. The molecule has 0 saturated carbocycles. The van der Waals surface area contributed by atoms with Gasteiger partial charge in [0.15, 0.2) is 17.5 Å². The molecular formula is C18H24N4O3. The van der Waals surface area contributed by atoms with Gasteiger partial charge in [-0.1, -0.05) is 12.1 Å². The molecule has 2 heterocycles. The number of fused-ring (bicyclic) bond motifs is 1. The fourth-order valence-corrected chi connectivity index (χ4v) is 2.47. The third-order valence-corrected chi connectivity index (χ3v) is 3.85. The van der Waals surface area contributed by atoms with Crippen LogP contribution in [-0.2, 0) is 6.54 Å². The number of aliphatic imine (C=N–C) groups is 1. The highest BCUT2D eigenvalue weighted by atomic mass is 16.6. The highest BCUT2D eigenvalue weighted by Crippen LogP contribution is 2.30. The van der Waals surface area contributed by atoms with E-state index < -0.39 is 0 Å². The van der Waals surface area contributed by atoms with Gasteiger partial charge >= 0.3 is 0 Å². The van der Waals surface area contributed by atoms with Crippen LogP contribution < -0.4 is 20.1 Å². The van der Waals surface area contributed by atoms with E-state index in [1.54, 1.807) is 0 Å². The second-order valence-electron chi connectivity index (χ2n) is 5.82. The normalized spacial score (nSPS) is 16.6. The summed E-state index contributed by atoms with van der Waals surface area (Å²) < 4.78 is 17.2. The number of guanidine groups is 1. The second-order valence-corrected chi connectivity index (χ2v) is 5.82. The molecule has 0 spiro atoms. The van der Waals surface area contributed by atoms with Gasteiger partial charge in [-0.3, -0.25) is 0 Å². The van der Waals surface area contributed by atoms with Crippen molar-refractivity contribution in [3.8, 4) is 11.5 Å². The molecule has 2 N–H and O–H groups in total. The Morgan fingerprint density at radius 2 is 2.04 bits per heavy atom. The zero-order valence-corrected chi connectivity index (χ0v) is 14.8. The van der Waals surface area contributed by atoms with Crippen LogP contribution in [0.15, 0.2) is 33.7 Å². The molecule has 1 aliphatic rings. The number of benzene rings is 1. The van der Waals surface area contributed by atoms with E-state index in [9.17, 15) is 0 Å². The first-order chi connectivity index (χ1) is 12.2. The van der Waals surface area contributed by atoms with Crippen LogP contribution in [0.2, 0.25) is 0 Å². The topological polar surface area (TPSA) is 80.9 Å². The lowest BCUT2D eigenvalue weighted by molar-refractivity contribution is 0.0936. The molecule has 1 atom stereocenters. The molecule has 7 heteroatoms. The van der Waals surface area contributed by atoms with Crippen molar-refractivity contribution in [2.75, 3.05) is 19.7 Å². The van der Waals surface area contributed by atoms with Crippen molar-refractivity contribution in [3.05, 3.63) is 41.6 Å². The van der Waals surface area contributed by atoms with E-state index in [1.807, 2.05) is 45.0 Å². The monoisotopic (exact) mass is 344 g/mol. The van der Waals surface area contributed by atoms with Crippen molar-refractivity contribution in [1.29, 1.82) is 0 Å². The predicted octanol–water partition coefficient (Wildman–Crippen LogP) is 2.19. The molecule has 134 valence electrons. The van der Waals surface area contributed by atoms with Crippen LogP contribution >= 0.6 is 0 Å². The summed E-state index contributed by atoms with van der Waals surface area (Å²) in [6.45, 7) is 8.08. The average molecular weight is 344 g/mol. The minimum Gasteiger partial charge on any atom is -0.486 e. The van der Waals surface area contributed by atoms with Crippen molar-refractivity contribution in [1.82, 2.24) is 15.6 Å². The number of oxazole rings is 1. The van der Waals surface area contributed by atoms with E-state index in [0.29, 0.717) is 31.5 Å². The summed E-state index contributed by atoms with van der Waals surface area (Å²) in [7, 11) is 0. The number of rotatable bonds is 5. The zero-order chi connectivity index (χ0) is 17.6. The Morgan fingerprint density at radius 1 is 1.24 bits per heavy atom. The van der Waals surface area contributed by atoms with Crippen LogP contribution in [0.3, 0.4) is 0 Å². The summed E-state index contributed by atoms with van der Waals surface area (Å²) in [4.78, 5) is 8.85. The fraction of sp³-hybridized carbons (Fsp3) is 0.444. The quantitative estimate of drug-likeness (QED) is 0.639. The highest BCUT2D eigenvalue weighted by Gasteiger charge is 2.20. The van der Waals surface area contributed by atoms with Gasteiger partial charge in [0.1, 0.15) is 25.0 Å². The lowest BCUT2D eigenvalue weighted by Crippen LogP contribution is -2.45. The standard InChI is InChI=1S/C18H24N4O3/c1-4-19-18(21-10-17-22-12(2)13(3)24-17)20-9-14-11-23-15-7-5-6-8-16(15)25-14/h5-8,14H,4,9-11H2,1-3H3,(H2,19,20,21). The number of aryl methyl sites for hydroxylation is 2. The molecule has 0 saturated heterocycles. The zero-order valence-electron chi connectivity index (χ0n) is 14.8. The molecule has 7 nitrogen and oxygen atoms in total. The van der Waals surface area contributed by atoms with Gasteiger partial charge in [-0.25, -0.2) is 9.98 Å². The molecule has 0 radical (unpaired) electrons. The third-order valence-electron chi connectivity index (χ3n) is 3.85. The molecule has 0 aliphatic carbocycles. The Labute approximate surface area is 147 Å². The van der Waals surface area contributed by atoms with E-state index in [0.717, 1.165) is 29.5 Å². The van der Waals surface area contributed by atoms with E-state index in [-0.39, 0.29) is 6.10 Å². The van der Waals surface area contributed by atoms with Crippen LogP contribution in [0.4, 0.5) is 0 Å². The largest absolute Gasteiger partial charge is 0.486 e. The number of hydrogen-bond donors (Lipinski definition) is 2. The number of ether oxygens (including phenoxy) is 2. The maximum absolute atomic E-state index is 5.94. The Bertz CT molecular complexity index is 722. The minimum atomic E-state index is -0.0787. The van der Waals surface area contributed by atoms with Gasteiger partial charge < -0.3 is 24.5 Å². The van der Waals surface area contributed by atoms with Crippen LogP contribution in [0.5, 0.6) is 11.5 Å². The van der Waals surface area contributed by atoms with Crippen molar-refractivity contribution in [2.24, 2.45) is 4.99 Å². The summed E-state index contributed by atoms with van der Waals surface area (Å²) >= 11 is 0. The molecule has 0 fully saturated rings. The Hall–Kier alpha value is -2.70. The molecule has 2 aromatic rings. The highest BCUT2D eigenvalue weighted by molar-refractivity contribution is 5.79. The maximum atomic E-state index is 5.94. The molecule has 3 rings (SSSR count). The minimum absolute atomic E-state index is 0.0787. The van der Waals surface area contributed by atoms with Gasteiger partial charge in [-0.2, -0.15) is 0 Å². The van der Waals surface area contributed by atoms with Gasteiger partial charge in [-0.05, 0) is 32.9 Å². The number of nitrogens with one attached hydrogen (secondary N) is 2. The first kappa shape index (κ1) is 17.1. The number of aromatic nitrogens is 1. The van der Waals surface area contributed by atoms with Gasteiger partial charge in [0.05, 0.1) is 12.2 Å². The Kier molecular flexibility index (Phi) is 5.42. The van der Waals surface area contributed by atoms with Crippen LogP contribution in [0.25, 0.3) is 0 Å². The van der Waals surface area contributed by atoms with Crippen molar-refractivity contribution in [2.45, 2.75) is 33.4 Å². The molecule has 1 aromatic heterocycles. The molecule has 1 unspecified atom stereocenters. The number of hydrogen-bond acceptors (Lipinski definition) is 5. The molecule has 0 amide bonds. The first-order valence-electron chi connectivity index (χ1n) is 8.49. The average Bonchev–Trinajstić information content (AvgIpc) is 2.95. The number of nitrogens with zero attached hydrogens (tertiary/aromatic N) is 2. The van der Waals surface area contributed by atoms with Crippen molar-refractivity contribution < 1.29 is 13.9 Å². The number of para-hydroxylation sites is 2. The van der Waals surface area contributed by atoms with Crippen LogP contribution in [0, 0.1) is 13.8 Å². The third kappa shape index (κ3) is 4.43. The van der Waals surface area contributed by atoms with Gasteiger partial charge in [-0.15, -0.1) is 0 Å². The molecular weight excluding hydrogens is 320 g/mol. The van der Waals surface area contributed by atoms with Gasteiger partial charge in [0.25, 0.3) is 0 Å². The summed E-state index contributed by atoms with van der Waals surface area (Å²) in [6.07, 6.45) is -0.0787. The Morgan fingerprint density at radius 3 is 2.76 bits per heavy atom. The molecule has 1 aromatic carbocycles. The lowest BCUT2D eigenvalue weighted by Gasteiger charge is -2.27. The molecule has 1 aliphatic heterocycles. The fourth-order valence-electron chi connectivity index (χ4n) is 2.47. The van der Waals surface area contributed by atoms with Crippen LogP contribution in [0.1, 0.15) is 24.3 Å². The Balaban J connectivity index is 1.56. The second kappa shape index (κ2) is 7.92. The van der Waals surface area contributed by atoms with Crippen LogP contribution in [-0.4, -0.2) is 36.7 Å². The summed E-state index contributed by atoms with van der Waals surface area (Å²) in [5.41, 5.74) is 0.898. The maximum Gasteiger partial charge on any atom is 0.216 e. The van der Waals surface area contributed by atoms with Crippen molar-refractivity contribution in [3.63, 3.8) is 0 Å². The smallest absolute Gasteiger partial charge is 0.216 e. The van der Waals surface area contributed by atoms with E-state index in [1.165, 1.54) is 0 Å². The lowest BCUT2D eigenvalue weighted by atomic mass is 10.2. The predicted molar refractivity (Wildman–Crippen MR) is 95.1 cm³/mol. The summed E-state index contributed by atoms with van der Waals surface area (Å²) in [5, 5.41) is 6.48. The first-order valence-corrected chi connectivity index (χ1v) is 8.49. The van der Waals surface area contributed by atoms with Gasteiger partial charge in [0, 0.05) is 6.54 Å². The van der Waals surface area contributed by atoms with E-state index in [4.69, 9.17) is 13.9 Å². The molecule has 25 heavy (non-hydrogen) atoms. The SMILES string of the molecule is CCNC(=NCc1nc(C)c(C)o1)NCC1COc2ccccc2O1. The summed E-state index contributed by atoms with van der Waals surface area (Å²) in [6, 6.07) is 7.69.